The highest BCUT2D eigenvalue weighted by Crippen LogP contribution is 1.93. The molecule has 0 fully saturated rings. The van der Waals surface area contributed by atoms with Crippen LogP contribution in [-0.4, -0.2) is 11.0 Å². The monoisotopic (exact) mass is 141 g/mol. The Labute approximate surface area is 59.7 Å². The van der Waals surface area contributed by atoms with E-state index in [0.29, 0.717) is 10.7 Å². The first-order valence-corrected chi connectivity index (χ1v) is 2.72. The van der Waals surface area contributed by atoms with Crippen LogP contribution in [-0.2, 0) is 4.79 Å². The van der Waals surface area contributed by atoms with Gasteiger partial charge in [-0.2, -0.15) is 0 Å². The molecule has 0 aromatic rings. The minimum atomic E-state index is -0.417. The average molecular weight is 141 g/mol. The molecule has 10 heavy (non-hydrogen) atoms. The van der Waals surface area contributed by atoms with Crippen molar-refractivity contribution >= 4 is 5.91 Å². The number of rotatable bonds is 2. The first-order valence-electron chi connectivity index (χ1n) is 2.72. The van der Waals surface area contributed by atoms with Gasteiger partial charge in [-0.3, -0.25) is 4.79 Å². The lowest BCUT2D eigenvalue weighted by Gasteiger charge is -2.07. The van der Waals surface area contributed by atoms with Crippen LogP contribution in [0.2, 0.25) is 0 Å². The zero-order valence-electron chi connectivity index (χ0n) is 5.87. The van der Waals surface area contributed by atoms with Crippen molar-refractivity contribution in [3.63, 3.8) is 0 Å². The van der Waals surface area contributed by atoms with Crippen molar-refractivity contribution in [2.24, 2.45) is 11.7 Å². The molecule has 0 aliphatic heterocycles. The van der Waals surface area contributed by atoms with Crippen molar-refractivity contribution in [1.29, 1.82) is 0 Å². The third-order valence-corrected chi connectivity index (χ3v) is 0.940. The van der Waals surface area contributed by atoms with Gasteiger partial charge in [0.2, 0.25) is 0 Å². The fourth-order valence-corrected chi connectivity index (χ4v) is 0.452. The van der Waals surface area contributed by atoms with Crippen LogP contribution in [0.15, 0.2) is 24.3 Å². The first kappa shape index (κ1) is 8.87. The Morgan fingerprint density at radius 2 is 2.10 bits per heavy atom. The van der Waals surface area contributed by atoms with E-state index in [4.69, 9.17) is 11.7 Å². The highest BCUT2D eigenvalue weighted by atomic mass is 16.2. The van der Waals surface area contributed by atoms with Crippen LogP contribution in [0.3, 0.4) is 0 Å². The Hall–Kier alpha value is -1.13. The molecule has 0 aromatic heterocycles. The van der Waals surface area contributed by atoms with Crippen LogP contribution < -0.4 is 11.7 Å². The minimum absolute atomic E-state index is 0.417. The average Bonchev–Trinajstić information content (AvgIpc) is 1.87. The van der Waals surface area contributed by atoms with Crippen LogP contribution in [0, 0.1) is 0 Å². The van der Waals surface area contributed by atoms with E-state index in [0.717, 1.165) is 0 Å². The maximum Gasteiger partial charge on any atom is 0.277 e. The van der Waals surface area contributed by atoms with E-state index in [1.807, 2.05) is 0 Å². The fourth-order valence-electron chi connectivity index (χ4n) is 0.452. The van der Waals surface area contributed by atoms with E-state index in [2.05, 4.69) is 6.58 Å². The lowest BCUT2D eigenvalue weighted by molar-refractivity contribution is -0.127. The van der Waals surface area contributed by atoms with Gasteiger partial charge in [0.1, 0.15) is 0 Å². The predicted molar refractivity (Wildman–Crippen MR) is 39.2 cm³/mol. The molecule has 0 radical (unpaired) electrons. The molecule has 0 rings (SSSR count). The molecule has 0 heterocycles. The molecular weight excluding hydrogens is 130 g/mol. The number of hydrogen-bond donors (Lipinski definition) is 2. The molecule has 0 saturated heterocycles. The van der Waals surface area contributed by atoms with Gasteiger partial charge in [0.25, 0.3) is 5.91 Å². The Kier molecular flexibility index (Phi) is 3.38. The van der Waals surface area contributed by atoms with E-state index in [-0.39, 0.29) is 0 Å². The van der Waals surface area contributed by atoms with Crippen LogP contribution >= 0.6 is 0 Å². The molecule has 0 aliphatic carbocycles. The summed E-state index contributed by atoms with van der Waals surface area (Å²) in [5, 5.41) is 0.537. The Morgan fingerprint density at radius 3 is 2.40 bits per heavy atom. The summed E-state index contributed by atoms with van der Waals surface area (Å²) in [6.45, 7) is 5.02. The molecule has 4 nitrogen and oxygen atoms in total. The van der Waals surface area contributed by atoms with E-state index in [9.17, 15) is 4.79 Å². The maximum atomic E-state index is 10.8. The molecule has 56 valence electrons. The van der Waals surface area contributed by atoms with Crippen molar-refractivity contribution in [1.82, 2.24) is 5.12 Å². The summed E-state index contributed by atoms with van der Waals surface area (Å²) in [7, 11) is 0. The van der Waals surface area contributed by atoms with Gasteiger partial charge in [0.15, 0.2) is 0 Å². The summed E-state index contributed by atoms with van der Waals surface area (Å²) in [4.78, 5) is 10.8. The lowest BCUT2D eigenvalue weighted by atomic mass is 10.3. The summed E-state index contributed by atoms with van der Waals surface area (Å²) in [6.07, 6.45) is 3.03. The summed E-state index contributed by atoms with van der Waals surface area (Å²) in [6, 6.07) is 0. The molecular formula is C6H11N3O. The molecule has 0 atom stereocenters. The molecule has 0 aliphatic rings. The van der Waals surface area contributed by atoms with Crippen molar-refractivity contribution in [2.75, 3.05) is 0 Å². The smallest absolute Gasteiger partial charge is 0.267 e. The number of nitrogens with zero attached hydrogens (tertiary/aromatic N) is 1. The molecule has 0 saturated carbocycles. The van der Waals surface area contributed by atoms with Crippen molar-refractivity contribution < 1.29 is 4.79 Å². The van der Waals surface area contributed by atoms with Crippen LogP contribution in [0.25, 0.3) is 0 Å². The SMILES string of the molecule is C=C/C=C(/C)C(=O)N(N)N. The van der Waals surface area contributed by atoms with Gasteiger partial charge in [0, 0.05) is 5.57 Å². The van der Waals surface area contributed by atoms with Gasteiger partial charge in [-0.15, -0.1) is 0 Å². The van der Waals surface area contributed by atoms with Crippen LogP contribution in [0.4, 0.5) is 0 Å². The van der Waals surface area contributed by atoms with Crippen LogP contribution in [0.5, 0.6) is 0 Å². The van der Waals surface area contributed by atoms with Gasteiger partial charge >= 0.3 is 0 Å². The number of amides is 1. The van der Waals surface area contributed by atoms with E-state index in [1.165, 1.54) is 12.2 Å². The normalized spacial score (nSPS) is 10.9. The van der Waals surface area contributed by atoms with Gasteiger partial charge < -0.3 is 0 Å². The number of carbonyl (C=O) groups excluding carboxylic acids is 1. The van der Waals surface area contributed by atoms with Crippen molar-refractivity contribution in [2.45, 2.75) is 6.92 Å². The highest BCUT2D eigenvalue weighted by Gasteiger charge is 2.05. The van der Waals surface area contributed by atoms with Gasteiger partial charge in [0.05, 0.1) is 0 Å². The summed E-state index contributed by atoms with van der Waals surface area (Å²) in [5.41, 5.74) is 0.458. The minimum Gasteiger partial charge on any atom is -0.267 e. The fraction of sp³-hybridized carbons (Fsp3) is 0.167. The number of nitrogens with two attached hydrogens (primary N) is 2. The number of carbonyl (C=O) groups is 1. The second kappa shape index (κ2) is 3.81. The summed E-state index contributed by atoms with van der Waals surface area (Å²) < 4.78 is 0. The number of allylic oxidation sites excluding steroid dienone is 2. The summed E-state index contributed by atoms with van der Waals surface area (Å²) >= 11 is 0. The zero-order chi connectivity index (χ0) is 8.15. The van der Waals surface area contributed by atoms with Gasteiger partial charge in [-0.1, -0.05) is 18.7 Å². The Morgan fingerprint density at radius 1 is 1.60 bits per heavy atom. The van der Waals surface area contributed by atoms with E-state index >= 15 is 0 Å². The molecule has 1 amide bonds. The van der Waals surface area contributed by atoms with Crippen molar-refractivity contribution in [3.8, 4) is 0 Å². The third kappa shape index (κ3) is 2.43. The van der Waals surface area contributed by atoms with E-state index in [1.54, 1.807) is 6.92 Å². The molecule has 0 aromatic carbocycles. The van der Waals surface area contributed by atoms with Gasteiger partial charge in [-0.25, -0.2) is 16.8 Å². The quantitative estimate of drug-likeness (QED) is 0.182. The predicted octanol–water partition coefficient (Wildman–Crippen LogP) is -0.305. The molecule has 4 heteroatoms. The summed E-state index contributed by atoms with van der Waals surface area (Å²) in [5.74, 6) is 9.49. The Balaban J connectivity index is 4.21. The second-order valence-electron chi connectivity index (χ2n) is 1.80. The zero-order valence-corrected chi connectivity index (χ0v) is 5.87. The topological polar surface area (TPSA) is 72.3 Å². The standard InChI is InChI=1S/C6H11N3O/c1-3-4-5(2)6(10)9(7)8/h3-4H,1,7-8H2,2H3/b5-4-. The largest absolute Gasteiger partial charge is 0.277 e. The second-order valence-corrected chi connectivity index (χ2v) is 1.80. The third-order valence-electron chi connectivity index (χ3n) is 0.940. The molecule has 4 N–H and O–H groups in total. The Bertz CT molecular complexity index is 172. The molecule has 0 bridgehead atoms. The number of hydrazine groups is 2. The highest BCUT2D eigenvalue weighted by molar-refractivity contribution is 5.92. The van der Waals surface area contributed by atoms with E-state index < -0.39 is 5.91 Å². The van der Waals surface area contributed by atoms with Crippen LogP contribution in [0.1, 0.15) is 6.92 Å². The number of hydrogen-bond acceptors (Lipinski definition) is 3. The van der Waals surface area contributed by atoms with Gasteiger partial charge in [-0.05, 0) is 6.92 Å². The van der Waals surface area contributed by atoms with Crippen molar-refractivity contribution in [3.05, 3.63) is 24.3 Å². The lowest BCUT2D eigenvalue weighted by Crippen LogP contribution is -2.43. The maximum absolute atomic E-state index is 10.8. The molecule has 0 unspecified atom stereocenters. The first-order chi connectivity index (χ1) is 4.59. The molecule has 0 spiro atoms.